The van der Waals surface area contributed by atoms with Gasteiger partial charge in [0.1, 0.15) is 11.5 Å². The van der Waals surface area contributed by atoms with E-state index in [-0.39, 0.29) is 4.90 Å². The van der Waals surface area contributed by atoms with Crippen molar-refractivity contribution in [3.05, 3.63) is 48.0 Å². The molecule has 162 valence electrons. The first-order valence-electron chi connectivity index (χ1n) is 10.2. The van der Waals surface area contributed by atoms with Crippen molar-refractivity contribution < 1.29 is 22.7 Å². The van der Waals surface area contributed by atoms with Crippen LogP contribution in [0.15, 0.2) is 47.4 Å². The van der Waals surface area contributed by atoms with Crippen LogP contribution in [-0.4, -0.2) is 45.4 Å². The summed E-state index contributed by atoms with van der Waals surface area (Å²) in [7, 11) is -2.17. The molecular weight excluding hydrogens is 404 g/mol. The zero-order valence-corrected chi connectivity index (χ0v) is 18.2. The number of rotatable bonds is 7. The number of carbonyl (C=O) groups is 1. The fourth-order valence-electron chi connectivity index (χ4n) is 3.50. The molecule has 1 aliphatic rings. The van der Waals surface area contributed by atoms with Gasteiger partial charge in [-0.05, 0) is 50.1 Å². The molecule has 2 aromatic rings. The van der Waals surface area contributed by atoms with E-state index in [1.165, 1.54) is 23.5 Å². The second-order valence-corrected chi connectivity index (χ2v) is 9.00. The Morgan fingerprint density at radius 1 is 1.03 bits per heavy atom. The van der Waals surface area contributed by atoms with Gasteiger partial charge in [0, 0.05) is 13.1 Å². The predicted octanol–water partition coefficient (Wildman–Crippen LogP) is 3.91. The molecule has 0 unspecified atom stereocenters. The Hall–Kier alpha value is -2.58. The van der Waals surface area contributed by atoms with Crippen molar-refractivity contribution in [1.29, 1.82) is 0 Å². The van der Waals surface area contributed by atoms with E-state index in [2.05, 4.69) is 5.32 Å². The fourth-order valence-corrected chi connectivity index (χ4v) is 5.05. The van der Waals surface area contributed by atoms with Crippen molar-refractivity contribution in [3.8, 4) is 11.5 Å². The molecule has 0 aromatic heterocycles. The summed E-state index contributed by atoms with van der Waals surface area (Å²) in [4.78, 5) is 13.0. The maximum absolute atomic E-state index is 13.1. The lowest BCUT2D eigenvalue weighted by atomic mass is 10.1. The summed E-state index contributed by atoms with van der Waals surface area (Å²) in [6.45, 7) is 3.29. The van der Waals surface area contributed by atoms with Crippen molar-refractivity contribution in [2.24, 2.45) is 0 Å². The highest BCUT2D eigenvalue weighted by Crippen LogP contribution is 2.31. The monoisotopic (exact) mass is 432 g/mol. The minimum absolute atomic E-state index is 0.138. The van der Waals surface area contributed by atoms with Crippen LogP contribution in [0.5, 0.6) is 11.5 Å². The molecule has 0 aliphatic carbocycles. The smallest absolute Gasteiger partial charge is 0.259 e. The molecule has 0 spiro atoms. The van der Waals surface area contributed by atoms with Crippen LogP contribution < -0.4 is 14.8 Å². The summed E-state index contributed by atoms with van der Waals surface area (Å²) in [6.07, 6.45) is 3.78. The maximum Gasteiger partial charge on any atom is 0.259 e. The summed E-state index contributed by atoms with van der Waals surface area (Å²) in [5, 5.41) is 2.78. The van der Waals surface area contributed by atoms with Crippen LogP contribution in [0, 0.1) is 0 Å². The number of amides is 1. The Morgan fingerprint density at radius 2 is 1.73 bits per heavy atom. The van der Waals surface area contributed by atoms with E-state index in [0.717, 1.165) is 25.7 Å². The number of benzene rings is 2. The van der Waals surface area contributed by atoms with E-state index in [9.17, 15) is 13.2 Å². The first-order chi connectivity index (χ1) is 14.5. The molecule has 0 saturated carbocycles. The topological polar surface area (TPSA) is 84.9 Å². The second-order valence-electron chi connectivity index (χ2n) is 7.06. The van der Waals surface area contributed by atoms with Crippen molar-refractivity contribution in [2.75, 3.05) is 32.1 Å². The molecule has 7 nitrogen and oxygen atoms in total. The van der Waals surface area contributed by atoms with Crippen LogP contribution in [0.25, 0.3) is 0 Å². The highest BCUT2D eigenvalue weighted by atomic mass is 32.2. The lowest BCUT2D eigenvalue weighted by Crippen LogP contribution is -2.32. The zero-order valence-electron chi connectivity index (χ0n) is 17.4. The molecule has 1 aliphatic heterocycles. The van der Waals surface area contributed by atoms with Crippen LogP contribution in [0.4, 0.5) is 5.69 Å². The summed E-state index contributed by atoms with van der Waals surface area (Å²) in [5.74, 6) is 0.443. The quantitative estimate of drug-likeness (QED) is 0.717. The number of anilines is 1. The third kappa shape index (κ3) is 4.94. The van der Waals surface area contributed by atoms with Crippen molar-refractivity contribution >= 4 is 21.6 Å². The minimum atomic E-state index is -3.65. The van der Waals surface area contributed by atoms with Gasteiger partial charge in [-0.15, -0.1) is 0 Å². The molecule has 1 fully saturated rings. The number of hydrogen-bond acceptors (Lipinski definition) is 5. The number of hydrogen-bond donors (Lipinski definition) is 1. The number of carbonyl (C=O) groups excluding carboxylic acids is 1. The number of nitrogens with zero attached hydrogens (tertiary/aromatic N) is 1. The number of sulfonamides is 1. The summed E-state index contributed by atoms with van der Waals surface area (Å²) < 4.78 is 38.7. The molecular formula is C22H28N2O5S. The Morgan fingerprint density at radius 3 is 2.40 bits per heavy atom. The van der Waals surface area contributed by atoms with Crippen molar-refractivity contribution in [3.63, 3.8) is 0 Å². The van der Waals surface area contributed by atoms with E-state index < -0.39 is 15.9 Å². The first-order valence-corrected chi connectivity index (χ1v) is 11.6. The highest BCUT2D eigenvalue weighted by Gasteiger charge is 2.26. The maximum atomic E-state index is 13.1. The van der Waals surface area contributed by atoms with E-state index in [1.54, 1.807) is 30.3 Å². The van der Waals surface area contributed by atoms with E-state index in [4.69, 9.17) is 9.47 Å². The van der Waals surface area contributed by atoms with Gasteiger partial charge in [0.25, 0.3) is 5.91 Å². The van der Waals surface area contributed by atoms with Gasteiger partial charge in [-0.2, -0.15) is 4.31 Å². The molecule has 1 amide bonds. The molecule has 2 aromatic carbocycles. The lowest BCUT2D eigenvalue weighted by molar-refractivity contribution is 0.102. The van der Waals surface area contributed by atoms with Crippen LogP contribution in [0.1, 0.15) is 43.0 Å². The standard InChI is InChI=1S/C22H28N2O5S/c1-3-29-20-11-7-6-10-18(20)22(25)23-19-16-17(12-13-21(19)28-2)30(26,27)24-14-8-4-5-9-15-24/h6-7,10-13,16H,3-5,8-9,14-15H2,1-2H3,(H,23,25). The van der Waals surface area contributed by atoms with Gasteiger partial charge < -0.3 is 14.8 Å². The third-order valence-electron chi connectivity index (χ3n) is 5.05. The number of methoxy groups -OCH3 is 1. The normalized spacial score (nSPS) is 15.3. The average molecular weight is 433 g/mol. The van der Waals surface area contributed by atoms with Gasteiger partial charge in [-0.1, -0.05) is 25.0 Å². The van der Waals surface area contributed by atoms with Gasteiger partial charge >= 0.3 is 0 Å². The predicted molar refractivity (Wildman–Crippen MR) is 116 cm³/mol. The minimum Gasteiger partial charge on any atom is -0.495 e. The lowest BCUT2D eigenvalue weighted by Gasteiger charge is -2.21. The fraction of sp³-hybridized carbons (Fsp3) is 0.409. The first kappa shape index (κ1) is 22.1. The third-order valence-corrected chi connectivity index (χ3v) is 6.95. The van der Waals surface area contributed by atoms with Gasteiger partial charge in [0.15, 0.2) is 0 Å². The van der Waals surface area contributed by atoms with Crippen molar-refractivity contribution in [1.82, 2.24) is 4.31 Å². The van der Waals surface area contributed by atoms with E-state index in [0.29, 0.717) is 42.4 Å². The van der Waals surface area contributed by atoms with Crippen LogP contribution in [-0.2, 0) is 10.0 Å². The highest BCUT2D eigenvalue weighted by molar-refractivity contribution is 7.89. The molecule has 1 saturated heterocycles. The largest absolute Gasteiger partial charge is 0.495 e. The van der Waals surface area contributed by atoms with Gasteiger partial charge in [0.2, 0.25) is 10.0 Å². The Labute approximate surface area is 178 Å². The van der Waals surface area contributed by atoms with Gasteiger partial charge in [0.05, 0.1) is 29.9 Å². The Bertz CT molecular complexity index is 983. The van der Waals surface area contributed by atoms with E-state index >= 15 is 0 Å². The summed E-state index contributed by atoms with van der Waals surface area (Å²) >= 11 is 0. The molecule has 8 heteroatoms. The summed E-state index contributed by atoms with van der Waals surface area (Å²) in [6, 6.07) is 11.4. The van der Waals surface area contributed by atoms with E-state index in [1.807, 2.05) is 6.92 Å². The van der Waals surface area contributed by atoms with Gasteiger partial charge in [-0.3, -0.25) is 4.79 Å². The number of para-hydroxylation sites is 1. The molecule has 3 rings (SSSR count). The van der Waals surface area contributed by atoms with Crippen LogP contribution in [0.3, 0.4) is 0 Å². The summed E-state index contributed by atoms with van der Waals surface area (Å²) in [5.41, 5.74) is 0.659. The SMILES string of the molecule is CCOc1ccccc1C(=O)Nc1cc(S(=O)(=O)N2CCCCCC2)ccc1OC. The Balaban J connectivity index is 1.91. The molecule has 30 heavy (non-hydrogen) atoms. The van der Waals surface area contributed by atoms with Crippen LogP contribution >= 0.6 is 0 Å². The van der Waals surface area contributed by atoms with Crippen molar-refractivity contribution in [2.45, 2.75) is 37.5 Å². The zero-order chi connectivity index (χ0) is 21.6. The van der Waals surface area contributed by atoms with Crippen LogP contribution in [0.2, 0.25) is 0 Å². The molecule has 0 radical (unpaired) electrons. The molecule has 0 bridgehead atoms. The molecule has 1 N–H and O–H groups in total. The number of ether oxygens (including phenoxy) is 2. The molecule has 0 atom stereocenters. The Kier molecular flexibility index (Phi) is 7.33. The van der Waals surface area contributed by atoms with Gasteiger partial charge in [-0.25, -0.2) is 8.42 Å². The number of nitrogens with one attached hydrogen (secondary N) is 1. The average Bonchev–Trinajstić information content (AvgIpc) is 3.04. The molecule has 1 heterocycles. The second kappa shape index (κ2) is 9.95.